The molecule has 0 aromatic carbocycles. The monoisotopic (exact) mass is 227 g/mol. The standard InChI is InChI=1S/C13H25NO2/c1-6-14(9-11-7-8-11)10(2)12(15)16-13(3,4)5/h10-11H,6-9H2,1-5H3. The second-order valence-electron chi connectivity index (χ2n) is 5.74. The van der Waals surface area contributed by atoms with Gasteiger partial charge in [0, 0.05) is 6.54 Å². The van der Waals surface area contributed by atoms with Crippen molar-refractivity contribution in [1.82, 2.24) is 4.90 Å². The largest absolute Gasteiger partial charge is 0.459 e. The molecule has 3 nitrogen and oxygen atoms in total. The molecule has 0 bridgehead atoms. The van der Waals surface area contributed by atoms with Crippen LogP contribution in [0.5, 0.6) is 0 Å². The quantitative estimate of drug-likeness (QED) is 0.676. The van der Waals surface area contributed by atoms with Crippen molar-refractivity contribution in [3.8, 4) is 0 Å². The van der Waals surface area contributed by atoms with Gasteiger partial charge in [-0.2, -0.15) is 0 Å². The maximum absolute atomic E-state index is 11.9. The smallest absolute Gasteiger partial charge is 0.323 e. The van der Waals surface area contributed by atoms with Gasteiger partial charge in [0.15, 0.2) is 0 Å². The first-order chi connectivity index (χ1) is 7.33. The highest BCUT2D eigenvalue weighted by Gasteiger charge is 2.30. The maximum Gasteiger partial charge on any atom is 0.323 e. The van der Waals surface area contributed by atoms with Crippen molar-refractivity contribution in [2.24, 2.45) is 5.92 Å². The summed E-state index contributed by atoms with van der Waals surface area (Å²) in [6.45, 7) is 11.7. The lowest BCUT2D eigenvalue weighted by Crippen LogP contribution is -2.43. The highest BCUT2D eigenvalue weighted by molar-refractivity contribution is 5.75. The van der Waals surface area contributed by atoms with Gasteiger partial charge in [-0.15, -0.1) is 0 Å². The van der Waals surface area contributed by atoms with Crippen molar-refractivity contribution in [3.05, 3.63) is 0 Å². The van der Waals surface area contributed by atoms with E-state index < -0.39 is 0 Å². The molecule has 1 unspecified atom stereocenters. The molecule has 16 heavy (non-hydrogen) atoms. The number of carbonyl (C=O) groups is 1. The number of ether oxygens (including phenoxy) is 1. The van der Waals surface area contributed by atoms with Gasteiger partial charge in [-0.3, -0.25) is 9.69 Å². The van der Waals surface area contributed by atoms with Gasteiger partial charge in [0.1, 0.15) is 11.6 Å². The van der Waals surface area contributed by atoms with Crippen molar-refractivity contribution < 1.29 is 9.53 Å². The van der Waals surface area contributed by atoms with Gasteiger partial charge < -0.3 is 4.74 Å². The van der Waals surface area contributed by atoms with Crippen LogP contribution in [0.1, 0.15) is 47.5 Å². The minimum absolute atomic E-state index is 0.102. The molecule has 0 aliphatic heterocycles. The average molecular weight is 227 g/mol. The highest BCUT2D eigenvalue weighted by atomic mass is 16.6. The summed E-state index contributed by atoms with van der Waals surface area (Å²) in [7, 11) is 0. The summed E-state index contributed by atoms with van der Waals surface area (Å²) in [5, 5.41) is 0. The normalized spacial score (nSPS) is 18.6. The number of hydrogen-bond donors (Lipinski definition) is 0. The van der Waals surface area contributed by atoms with Crippen LogP contribution in [0.4, 0.5) is 0 Å². The maximum atomic E-state index is 11.9. The zero-order chi connectivity index (χ0) is 12.3. The Hall–Kier alpha value is -0.570. The number of rotatable bonds is 5. The molecule has 1 atom stereocenters. The van der Waals surface area contributed by atoms with Crippen LogP contribution in [-0.4, -0.2) is 35.6 Å². The highest BCUT2D eigenvalue weighted by Crippen LogP contribution is 2.30. The molecule has 0 aromatic heterocycles. The molecule has 0 N–H and O–H groups in total. The minimum Gasteiger partial charge on any atom is -0.459 e. The molecule has 0 heterocycles. The Labute approximate surface area is 99.1 Å². The van der Waals surface area contributed by atoms with E-state index >= 15 is 0 Å². The van der Waals surface area contributed by atoms with Gasteiger partial charge in [-0.05, 0) is 53.0 Å². The predicted molar refractivity (Wildman–Crippen MR) is 65.3 cm³/mol. The van der Waals surface area contributed by atoms with E-state index in [1.54, 1.807) is 0 Å². The first-order valence-electron chi connectivity index (χ1n) is 6.30. The van der Waals surface area contributed by atoms with Crippen molar-refractivity contribution in [2.45, 2.75) is 59.1 Å². The second-order valence-corrected chi connectivity index (χ2v) is 5.74. The zero-order valence-corrected chi connectivity index (χ0v) is 11.2. The van der Waals surface area contributed by atoms with Gasteiger partial charge >= 0.3 is 5.97 Å². The van der Waals surface area contributed by atoms with E-state index in [0.29, 0.717) is 0 Å². The number of hydrogen-bond acceptors (Lipinski definition) is 3. The topological polar surface area (TPSA) is 29.5 Å². The van der Waals surface area contributed by atoms with E-state index in [-0.39, 0.29) is 17.6 Å². The molecule has 0 radical (unpaired) electrons. The van der Waals surface area contributed by atoms with Crippen molar-refractivity contribution in [1.29, 1.82) is 0 Å². The van der Waals surface area contributed by atoms with Crippen LogP contribution in [0.3, 0.4) is 0 Å². The lowest BCUT2D eigenvalue weighted by molar-refractivity contribution is -0.160. The molecule has 1 aliphatic rings. The molecule has 3 heteroatoms. The third-order valence-electron chi connectivity index (χ3n) is 2.89. The fraction of sp³-hybridized carbons (Fsp3) is 0.923. The lowest BCUT2D eigenvalue weighted by Gasteiger charge is -2.29. The van der Waals surface area contributed by atoms with Crippen LogP contribution in [0.25, 0.3) is 0 Å². The summed E-state index contributed by atoms with van der Waals surface area (Å²) in [4.78, 5) is 14.1. The van der Waals surface area contributed by atoms with Crippen LogP contribution in [0, 0.1) is 5.92 Å². The molecule has 0 amide bonds. The summed E-state index contributed by atoms with van der Waals surface area (Å²) in [5.41, 5.74) is -0.385. The lowest BCUT2D eigenvalue weighted by atomic mass is 10.2. The van der Waals surface area contributed by atoms with Crippen molar-refractivity contribution in [2.75, 3.05) is 13.1 Å². The van der Waals surface area contributed by atoms with Crippen molar-refractivity contribution in [3.63, 3.8) is 0 Å². The molecule has 1 saturated carbocycles. The average Bonchev–Trinajstić information content (AvgIpc) is 2.93. The Bertz CT molecular complexity index is 241. The fourth-order valence-electron chi connectivity index (χ4n) is 1.73. The molecular formula is C13H25NO2. The van der Waals surface area contributed by atoms with E-state index in [9.17, 15) is 4.79 Å². The molecule has 94 valence electrons. The van der Waals surface area contributed by atoms with E-state index in [2.05, 4.69) is 11.8 Å². The van der Waals surface area contributed by atoms with Crippen LogP contribution in [0.15, 0.2) is 0 Å². The minimum atomic E-state index is -0.385. The SMILES string of the molecule is CCN(CC1CC1)C(C)C(=O)OC(C)(C)C. The molecule has 1 rings (SSSR count). The molecular weight excluding hydrogens is 202 g/mol. The Morgan fingerprint density at radius 2 is 2.00 bits per heavy atom. The Balaban J connectivity index is 2.45. The first kappa shape index (κ1) is 13.5. The van der Waals surface area contributed by atoms with Gasteiger partial charge in [0.05, 0.1) is 0 Å². The zero-order valence-electron chi connectivity index (χ0n) is 11.2. The fourth-order valence-corrected chi connectivity index (χ4v) is 1.73. The Morgan fingerprint density at radius 1 is 1.44 bits per heavy atom. The van der Waals surface area contributed by atoms with Gasteiger partial charge in [0.2, 0.25) is 0 Å². The second kappa shape index (κ2) is 5.17. The summed E-state index contributed by atoms with van der Waals surface area (Å²) >= 11 is 0. The Morgan fingerprint density at radius 3 is 2.38 bits per heavy atom. The summed E-state index contributed by atoms with van der Waals surface area (Å²) < 4.78 is 5.40. The summed E-state index contributed by atoms with van der Waals surface area (Å²) in [6, 6.07) is -0.121. The third-order valence-corrected chi connectivity index (χ3v) is 2.89. The number of esters is 1. The van der Waals surface area contributed by atoms with Crippen LogP contribution in [-0.2, 0) is 9.53 Å². The molecule has 1 aliphatic carbocycles. The van der Waals surface area contributed by atoms with Crippen LogP contribution >= 0.6 is 0 Å². The molecule has 1 fully saturated rings. The molecule has 0 spiro atoms. The third kappa shape index (κ3) is 4.52. The van der Waals surface area contributed by atoms with Gasteiger partial charge in [-0.25, -0.2) is 0 Å². The molecule has 0 aromatic rings. The number of nitrogens with zero attached hydrogens (tertiary/aromatic N) is 1. The number of carbonyl (C=O) groups excluding carboxylic acids is 1. The van der Waals surface area contributed by atoms with E-state index in [0.717, 1.165) is 19.0 Å². The van der Waals surface area contributed by atoms with Gasteiger partial charge in [0.25, 0.3) is 0 Å². The summed E-state index contributed by atoms with van der Waals surface area (Å²) in [5.74, 6) is 0.708. The van der Waals surface area contributed by atoms with E-state index in [1.807, 2.05) is 27.7 Å². The first-order valence-corrected chi connectivity index (χ1v) is 6.30. The van der Waals surface area contributed by atoms with Crippen molar-refractivity contribution >= 4 is 5.97 Å². The van der Waals surface area contributed by atoms with Gasteiger partial charge in [-0.1, -0.05) is 6.92 Å². The summed E-state index contributed by atoms with van der Waals surface area (Å²) in [6.07, 6.45) is 2.63. The molecule has 0 saturated heterocycles. The van der Waals surface area contributed by atoms with Crippen LogP contribution < -0.4 is 0 Å². The predicted octanol–water partition coefficient (Wildman–Crippen LogP) is 2.45. The van der Waals surface area contributed by atoms with E-state index in [1.165, 1.54) is 12.8 Å². The number of likely N-dealkylation sites (N-methyl/N-ethyl adjacent to an activating group) is 1. The Kier molecular flexibility index (Phi) is 4.36. The van der Waals surface area contributed by atoms with Crippen LogP contribution in [0.2, 0.25) is 0 Å². The van der Waals surface area contributed by atoms with E-state index in [4.69, 9.17) is 4.74 Å².